The molecule has 0 atom stereocenters. The molecule has 0 aliphatic heterocycles. The quantitative estimate of drug-likeness (QED) is 0.775. The van der Waals surface area contributed by atoms with E-state index in [2.05, 4.69) is 23.9 Å². The molecule has 1 rings (SSSR count). The summed E-state index contributed by atoms with van der Waals surface area (Å²) in [4.78, 5) is 0. The van der Waals surface area contributed by atoms with Gasteiger partial charge in [-0.2, -0.15) is 0 Å². The molecule has 108 valence electrons. The van der Waals surface area contributed by atoms with Crippen LogP contribution >= 0.6 is 0 Å². The normalized spacial score (nSPS) is 11.7. The summed E-state index contributed by atoms with van der Waals surface area (Å²) in [6, 6.07) is 5.80. The highest BCUT2D eigenvalue weighted by atomic mass is 19.4. The predicted molar refractivity (Wildman–Crippen MR) is 66.4 cm³/mol. The van der Waals surface area contributed by atoms with Crippen molar-refractivity contribution in [2.75, 3.05) is 13.2 Å². The van der Waals surface area contributed by atoms with Crippen LogP contribution in [-0.4, -0.2) is 25.6 Å². The van der Waals surface area contributed by atoms with Crippen LogP contribution < -0.4 is 14.8 Å². The van der Waals surface area contributed by atoms with Crippen LogP contribution in [0.2, 0.25) is 0 Å². The Balaban J connectivity index is 2.28. The number of nitrogens with one attached hydrogen (secondary N) is 1. The number of ether oxygens (including phenoxy) is 2. The van der Waals surface area contributed by atoms with Gasteiger partial charge in [0.1, 0.15) is 11.5 Å². The third-order valence-corrected chi connectivity index (χ3v) is 2.20. The Morgan fingerprint density at radius 3 is 2.21 bits per heavy atom. The van der Waals surface area contributed by atoms with E-state index in [0.717, 1.165) is 13.0 Å². The molecule has 0 heterocycles. The average Bonchev–Trinajstić information content (AvgIpc) is 2.28. The summed E-state index contributed by atoms with van der Waals surface area (Å²) < 4.78 is 45.0. The second-order valence-electron chi connectivity index (χ2n) is 4.33. The van der Waals surface area contributed by atoms with E-state index >= 15 is 0 Å². The molecule has 0 fully saturated rings. The summed E-state index contributed by atoms with van der Waals surface area (Å²) in [7, 11) is 0. The van der Waals surface area contributed by atoms with Crippen molar-refractivity contribution in [3.63, 3.8) is 0 Å². The van der Waals surface area contributed by atoms with Crippen LogP contribution in [0.1, 0.15) is 20.3 Å². The van der Waals surface area contributed by atoms with Crippen LogP contribution in [0.3, 0.4) is 0 Å². The molecule has 0 aliphatic carbocycles. The summed E-state index contributed by atoms with van der Waals surface area (Å²) >= 11 is 0. The standard InChI is InChI=1S/C13H18F3NO2/c1-10(2)17-8-3-9-18-11-4-6-12(7-5-11)19-13(14,15)16/h4-7,10,17H,3,8-9H2,1-2H3. The lowest BCUT2D eigenvalue weighted by molar-refractivity contribution is -0.274. The summed E-state index contributed by atoms with van der Waals surface area (Å²) in [5, 5.41) is 3.24. The fourth-order valence-electron chi connectivity index (χ4n) is 1.39. The summed E-state index contributed by atoms with van der Waals surface area (Å²) in [6.07, 6.45) is -3.83. The molecule has 0 bridgehead atoms. The van der Waals surface area contributed by atoms with Crippen LogP contribution in [0.25, 0.3) is 0 Å². The van der Waals surface area contributed by atoms with Gasteiger partial charge in [-0.15, -0.1) is 13.2 Å². The van der Waals surface area contributed by atoms with Crippen LogP contribution in [-0.2, 0) is 0 Å². The molecule has 0 radical (unpaired) electrons. The molecule has 0 aliphatic rings. The molecule has 0 saturated carbocycles. The molecule has 0 unspecified atom stereocenters. The van der Waals surface area contributed by atoms with Crippen molar-refractivity contribution >= 4 is 0 Å². The zero-order chi connectivity index (χ0) is 14.3. The fourth-order valence-corrected chi connectivity index (χ4v) is 1.39. The Morgan fingerprint density at radius 2 is 1.68 bits per heavy atom. The Morgan fingerprint density at radius 1 is 1.11 bits per heavy atom. The Bertz CT molecular complexity index is 363. The minimum absolute atomic E-state index is 0.249. The van der Waals surface area contributed by atoms with Gasteiger partial charge in [-0.1, -0.05) is 13.8 Å². The van der Waals surface area contributed by atoms with Gasteiger partial charge in [-0.25, -0.2) is 0 Å². The van der Waals surface area contributed by atoms with E-state index in [9.17, 15) is 13.2 Å². The number of alkyl halides is 3. The number of hydrogen-bond donors (Lipinski definition) is 1. The highest BCUT2D eigenvalue weighted by Gasteiger charge is 2.30. The van der Waals surface area contributed by atoms with Gasteiger partial charge in [-0.3, -0.25) is 0 Å². The van der Waals surface area contributed by atoms with E-state index in [4.69, 9.17) is 4.74 Å². The van der Waals surface area contributed by atoms with Gasteiger partial charge in [0.05, 0.1) is 6.61 Å². The average molecular weight is 277 g/mol. The van der Waals surface area contributed by atoms with Crippen LogP contribution in [0.5, 0.6) is 11.5 Å². The van der Waals surface area contributed by atoms with Crippen molar-refractivity contribution in [1.29, 1.82) is 0 Å². The van der Waals surface area contributed by atoms with E-state index in [-0.39, 0.29) is 5.75 Å². The van der Waals surface area contributed by atoms with Crippen LogP contribution in [0, 0.1) is 0 Å². The van der Waals surface area contributed by atoms with Crippen molar-refractivity contribution in [2.24, 2.45) is 0 Å². The van der Waals surface area contributed by atoms with E-state index in [1.807, 2.05) is 0 Å². The van der Waals surface area contributed by atoms with Gasteiger partial charge >= 0.3 is 6.36 Å². The highest BCUT2D eigenvalue weighted by molar-refractivity contribution is 5.31. The van der Waals surface area contributed by atoms with Crippen molar-refractivity contribution < 1.29 is 22.6 Å². The van der Waals surface area contributed by atoms with Crippen LogP contribution in [0.15, 0.2) is 24.3 Å². The summed E-state index contributed by atoms with van der Waals surface area (Å²) in [5.41, 5.74) is 0. The monoisotopic (exact) mass is 277 g/mol. The lowest BCUT2D eigenvalue weighted by atomic mass is 10.3. The van der Waals surface area contributed by atoms with Gasteiger partial charge in [-0.05, 0) is 37.2 Å². The van der Waals surface area contributed by atoms with Gasteiger partial charge in [0, 0.05) is 6.04 Å². The first-order valence-electron chi connectivity index (χ1n) is 6.09. The number of hydrogen-bond acceptors (Lipinski definition) is 3. The fraction of sp³-hybridized carbons (Fsp3) is 0.538. The first-order chi connectivity index (χ1) is 8.87. The third-order valence-electron chi connectivity index (χ3n) is 2.20. The van der Waals surface area contributed by atoms with Crippen molar-refractivity contribution in [3.8, 4) is 11.5 Å². The second-order valence-corrected chi connectivity index (χ2v) is 4.33. The lowest BCUT2D eigenvalue weighted by Crippen LogP contribution is -2.24. The molecule has 1 aromatic rings. The van der Waals surface area contributed by atoms with Crippen LogP contribution in [0.4, 0.5) is 13.2 Å². The molecule has 19 heavy (non-hydrogen) atoms. The van der Waals surface area contributed by atoms with Crippen molar-refractivity contribution in [1.82, 2.24) is 5.32 Å². The Hall–Kier alpha value is -1.43. The number of halogens is 3. The second kappa shape index (κ2) is 7.23. The molecule has 1 N–H and O–H groups in total. The highest BCUT2D eigenvalue weighted by Crippen LogP contribution is 2.24. The van der Waals surface area contributed by atoms with Gasteiger partial charge in [0.15, 0.2) is 0 Å². The molecule has 3 nitrogen and oxygen atoms in total. The molecule has 6 heteroatoms. The molecule has 0 saturated heterocycles. The maximum absolute atomic E-state index is 11.9. The van der Waals surface area contributed by atoms with Gasteiger partial charge in [0.2, 0.25) is 0 Å². The first kappa shape index (κ1) is 15.6. The van der Waals surface area contributed by atoms with E-state index in [1.165, 1.54) is 24.3 Å². The predicted octanol–water partition coefficient (Wildman–Crippen LogP) is 3.35. The minimum atomic E-state index is -4.66. The SMILES string of the molecule is CC(C)NCCCOc1ccc(OC(F)(F)F)cc1. The molecule has 0 aromatic heterocycles. The van der Waals surface area contributed by atoms with E-state index < -0.39 is 6.36 Å². The zero-order valence-corrected chi connectivity index (χ0v) is 11.0. The smallest absolute Gasteiger partial charge is 0.494 e. The summed E-state index contributed by atoms with van der Waals surface area (Å²) in [6.45, 7) is 5.46. The zero-order valence-electron chi connectivity index (χ0n) is 11.0. The Labute approximate surface area is 110 Å². The first-order valence-corrected chi connectivity index (χ1v) is 6.09. The number of benzene rings is 1. The minimum Gasteiger partial charge on any atom is -0.494 e. The maximum Gasteiger partial charge on any atom is 0.573 e. The molecule has 0 spiro atoms. The third kappa shape index (κ3) is 7.56. The molecule has 0 amide bonds. The van der Waals surface area contributed by atoms with E-state index in [1.54, 1.807) is 0 Å². The van der Waals surface area contributed by atoms with Crippen molar-refractivity contribution in [2.45, 2.75) is 32.7 Å². The van der Waals surface area contributed by atoms with Gasteiger partial charge < -0.3 is 14.8 Å². The maximum atomic E-state index is 11.9. The molecular weight excluding hydrogens is 259 g/mol. The lowest BCUT2D eigenvalue weighted by Gasteiger charge is -2.11. The Kier molecular flexibility index (Phi) is 5.95. The largest absolute Gasteiger partial charge is 0.573 e. The topological polar surface area (TPSA) is 30.5 Å². The van der Waals surface area contributed by atoms with E-state index in [0.29, 0.717) is 18.4 Å². The number of rotatable bonds is 7. The molecule has 1 aromatic carbocycles. The van der Waals surface area contributed by atoms with Gasteiger partial charge in [0.25, 0.3) is 0 Å². The summed E-state index contributed by atoms with van der Waals surface area (Å²) in [5.74, 6) is 0.278. The molecular formula is C13H18F3NO2. The van der Waals surface area contributed by atoms with Crippen molar-refractivity contribution in [3.05, 3.63) is 24.3 Å².